The molecule has 6 nitrogen and oxygen atoms in total. The predicted octanol–water partition coefficient (Wildman–Crippen LogP) is 2.77. The number of hydrogen-bond donors (Lipinski definition) is 2. The maximum absolute atomic E-state index is 12.1. The second-order valence-corrected chi connectivity index (χ2v) is 4.65. The van der Waals surface area contributed by atoms with Gasteiger partial charge in [-0.05, 0) is 41.6 Å². The fourth-order valence-corrected chi connectivity index (χ4v) is 2.05. The summed E-state index contributed by atoms with van der Waals surface area (Å²) >= 11 is 5.99. The van der Waals surface area contributed by atoms with Crippen LogP contribution in [0.3, 0.4) is 0 Å². The molecule has 21 heavy (non-hydrogen) atoms. The Hall–Kier alpha value is -2.73. The van der Waals surface area contributed by atoms with E-state index < -0.39 is 0 Å². The molecular formula is C14H10ClN5O. The van der Waals surface area contributed by atoms with Gasteiger partial charge in [-0.1, -0.05) is 23.7 Å². The molecule has 0 bridgehead atoms. The first-order chi connectivity index (χ1) is 10.2. The number of H-pyrrole nitrogens is 1. The Balaban J connectivity index is 1.77. The van der Waals surface area contributed by atoms with Gasteiger partial charge in [-0.15, -0.1) is 10.2 Å². The van der Waals surface area contributed by atoms with E-state index in [-0.39, 0.29) is 5.91 Å². The quantitative estimate of drug-likeness (QED) is 0.779. The number of tetrazole rings is 1. The zero-order chi connectivity index (χ0) is 14.7. The number of aromatic amines is 1. The topological polar surface area (TPSA) is 83.6 Å². The molecule has 0 aliphatic rings. The fourth-order valence-electron chi connectivity index (χ4n) is 1.83. The number of carbonyl (C=O) groups is 1. The summed E-state index contributed by atoms with van der Waals surface area (Å²) in [6, 6.07) is 14.0. The Morgan fingerprint density at radius 1 is 1.10 bits per heavy atom. The van der Waals surface area contributed by atoms with Crippen LogP contribution >= 0.6 is 11.6 Å². The summed E-state index contributed by atoms with van der Waals surface area (Å²) in [5.41, 5.74) is 1.90. The molecule has 0 fully saturated rings. The number of rotatable bonds is 3. The third-order valence-electron chi connectivity index (χ3n) is 2.86. The maximum atomic E-state index is 12.1. The molecule has 0 saturated heterocycles. The smallest absolute Gasteiger partial charge is 0.257 e. The summed E-state index contributed by atoms with van der Waals surface area (Å²) in [6.07, 6.45) is 0. The van der Waals surface area contributed by atoms with Gasteiger partial charge >= 0.3 is 0 Å². The van der Waals surface area contributed by atoms with E-state index in [2.05, 4.69) is 25.9 Å². The van der Waals surface area contributed by atoms with Crippen molar-refractivity contribution in [2.75, 3.05) is 5.32 Å². The monoisotopic (exact) mass is 299 g/mol. The van der Waals surface area contributed by atoms with Crippen LogP contribution in [0.25, 0.3) is 11.4 Å². The number of nitrogens with one attached hydrogen (secondary N) is 2. The average Bonchev–Trinajstić information content (AvgIpc) is 3.02. The van der Waals surface area contributed by atoms with Crippen LogP contribution in [0.5, 0.6) is 0 Å². The van der Waals surface area contributed by atoms with Crippen molar-refractivity contribution in [3.05, 3.63) is 59.1 Å². The minimum absolute atomic E-state index is 0.257. The molecule has 7 heteroatoms. The molecule has 104 valence electrons. The molecule has 1 heterocycles. The van der Waals surface area contributed by atoms with Crippen LogP contribution in [-0.2, 0) is 0 Å². The molecule has 0 unspecified atom stereocenters. The van der Waals surface area contributed by atoms with Crippen molar-refractivity contribution >= 4 is 23.2 Å². The Bertz CT molecular complexity index is 755. The summed E-state index contributed by atoms with van der Waals surface area (Å²) in [4.78, 5) is 12.1. The second kappa shape index (κ2) is 5.72. The molecule has 2 N–H and O–H groups in total. The zero-order valence-electron chi connectivity index (χ0n) is 10.7. The van der Waals surface area contributed by atoms with Crippen LogP contribution in [0.2, 0.25) is 5.02 Å². The van der Waals surface area contributed by atoms with E-state index in [1.165, 1.54) is 0 Å². The maximum Gasteiger partial charge on any atom is 0.257 e. The van der Waals surface area contributed by atoms with Gasteiger partial charge in [-0.25, -0.2) is 0 Å². The first-order valence-corrected chi connectivity index (χ1v) is 6.51. The first-order valence-electron chi connectivity index (χ1n) is 6.14. The van der Waals surface area contributed by atoms with Crippen LogP contribution in [0.1, 0.15) is 10.4 Å². The highest BCUT2D eigenvalue weighted by molar-refractivity contribution is 6.34. The normalized spacial score (nSPS) is 10.3. The van der Waals surface area contributed by atoms with E-state index >= 15 is 0 Å². The molecule has 3 rings (SSSR count). The van der Waals surface area contributed by atoms with Gasteiger partial charge in [0, 0.05) is 11.3 Å². The SMILES string of the molecule is O=C(Nc1ccc(-c2nn[nH]n2)cc1)c1ccccc1Cl. The molecule has 3 aromatic rings. The van der Waals surface area contributed by atoms with Crippen molar-refractivity contribution < 1.29 is 4.79 Å². The number of anilines is 1. The van der Waals surface area contributed by atoms with E-state index in [1.807, 2.05) is 0 Å². The van der Waals surface area contributed by atoms with Gasteiger partial charge in [-0.2, -0.15) is 5.21 Å². The molecule has 0 spiro atoms. The fraction of sp³-hybridized carbons (Fsp3) is 0. The van der Waals surface area contributed by atoms with Crippen LogP contribution in [0.15, 0.2) is 48.5 Å². The van der Waals surface area contributed by atoms with Gasteiger partial charge < -0.3 is 5.32 Å². The number of hydrogen-bond acceptors (Lipinski definition) is 4. The molecule has 0 atom stereocenters. The van der Waals surface area contributed by atoms with Gasteiger partial charge in [0.2, 0.25) is 5.82 Å². The molecule has 0 saturated carbocycles. The minimum atomic E-state index is -0.257. The summed E-state index contributed by atoms with van der Waals surface area (Å²) < 4.78 is 0. The molecule has 0 aliphatic carbocycles. The van der Waals surface area contributed by atoms with Crippen LogP contribution in [-0.4, -0.2) is 26.5 Å². The molecule has 1 amide bonds. The summed E-state index contributed by atoms with van der Waals surface area (Å²) in [5.74, 6) is 0.242. The van der Waals surface area contributed by atoms with Gasteiger partial charge in [0.25, 0.3) is 5.91 Å². The highest BCUT2D eigenvalue weighted by atomic mass is 35.5. The Kier molecular flexibility index (Phi) is 3.61. The lowest BCUT2D eigenvalue weighted by molar-refractivity contribution is 0.102. The number of nitrogens with zero attached hydrogens (tertiary/aromatic N) is 3. The van der Waals surface area contributed by atoms with Gasteiger partial charge in [-0.3, -0.25) is 4.79 Å². The van der Waals surface area contributed by atoms with Crippen molar-refractivity contribution in [3.8, 4) is 11.4 Å². The predicted molar refractivity (Wildman–Crippen MR) is 79.0 cm³/mol. The Labute approximate surface area is 125 Å². The molecular weight excluding hydrogens is 290 g/mol. The van der Waals surface area contributed by atoms with Crippen molar-refractivity contribution in [1.29, 1.82) is 0 Å². The van der Waals surface area contributed by atoms with Gasteiger partial charge in [0.05, 0.1) is 10.6 Å². The second-order valence-electron chi connectivity index (χ2n) is 4.25. The molecule has 0 aliphatic heterocycles. The van der Waals surface area contributed by atoms with Crippen molar-refractivity contribution in [1.82, 2.24) is 20.6 Å². The number of benzene rings is 2. The molecule has 2 aromatic carbocycles. The Morgan fingerprint density at radius 3 is 2.52 bits per heavy atom. The van der Waals surface area contributed by atoms with E-state index in [0.717, 1.165) is 5.56 Å². The van der Waals surface area contributed by atoms with Crippen LogP contribution in [0, 0.1) is 0 Å². The lowest BCUT2D eigenvalue weighted by Gasteiger charge is -2.06. The largest absolute Gasteiger partial charge is 0.322 e. The average molecular weight is 300 g/mol. The number of carbonyl (C=O) groups excluding carboxylic acids is 1. The molecule has 1 aromatic heterocycles. The highest BCUT2D eigenvalue weighted by Gasteiger charge is 2.10. The van der Waals surface area contributed by atoms with Gasteiger partial charge in [0.1, 0.15) is 0 Å². The lowest BCUT2D eigenvalue weighted by Crippen LogP contribution is -2.12. The zero-order valence-corrected chi connectivity index (χ0v) is 11.5. The molecule has 0 radical (unpaired) electrons. The third-order valence-corrected chi connectivity index (χ3v) is 3.19. The van der Waals surface area contributed by atoms with Crippen LogP contribution < -0.4 is 5.32 Å². The number of amides is 1. The van der Waals surface area contributed by atoms with E-state index in [1.54, 1.807) is 48.5 Å². The summed E-state index contributed by atoms with van der Waals surface area (Å²) in [7, 11) is 0. The number of halogens is 1. The standard InChI is InChI=1S/C14H10ClN5O/c15-12-4-2-1-3-11(12)14(21)16-10-7-5-9(6-8-10)13-17-19-20-18-13/h1-8H,(H,16,21)(H,17,18,19,20). The van der Waals surface area contributed by atoms with E-state index in [4.69, 9.17) is 11.6 Å². The van der Waals surface area contributed by atoms with E-state index in [0.29, 0.717) is 22.1 Å². The van der Waals surface area contributed by atoms with Crippen molar-refractivity contribution in [3.63, 3.8) is 0 Å². The van der Waals surface area contributed by atoms with Gasteiger partial charge in [0.15, 0.2) is 0 Å². The highest BCUT2D eigenvalue weighted by Crippen LogP contribution is 2.19. The van der Waals surface area contributed by atoms with Crippen molar-refractivity contribution in [2.45, 2.75) is 0 Å². The Morgan fingerprint density at radius 2 is 1.86 bits per heavy atom. The van der Waals surface area contributed by atoms with E-state index in [9.17, 15) is 4.79 Å². The summed E-state index contributed by atoms with van der Waals surface area (Å²) in [6.45, 7) is 0. The third kappa shape index (κ3) is 2.90. The first kappa shape index (κ1) is 13.3. The minimum Gasteiger partial charge on any atom is -0.322 e. The number of aromatic nitrogens is 4. The van der Waals surface area contributed by atoms with Crippen LogP contribution in [0.4, 0.5) is 5.69 Å². The lowest BCUT2D eigenvalue weighted by atomic mass is 10.1. The van der Waals surface area contributed by atoms with Crippen molar-refractivity contribution in [2.24, 2.45) is 0 Å². The summed E-state index contributed by atoms with van der Waals surface area (Å²) in [5, 5.41) is 16.9.